The van der Waals surface area contributed by atoms with Crippen molar-refractivity contribution in [2.24, 2.45) is 5.92 Å². The zero-order valence-electron chi connectivity index (χ0n) is 5.39. The van der Waals surface area contributed by atoms with Gasteiger partial charge < -0.3 is 0 Å². The van der Waals surface area contributed by atoms with Crippen LogP contribution in [0.4, 0.5) is 0 Å². The molecule has 44 valence electrons. The Morgan fingerprint density at radius 1 is 1.75 bits per heavy atom. The van der Waals surface area contributed by atoms with E-state index < -0.39 is 0 Å². The second kappa shape index (κ2) is 4.39. The molecule has 1 nitrogen and oxygen atoms in total. The van der Waals surface area contributed by atoms with E-state index in [0.717, 1.165) is 6.42 Å². The second-order valence-corrected chi connectivity index (χ2v) is 1.87. The Labute approximate surface area is 50.6 Å². The first-order chi connectivity index (χ1) is 3.81. The van der Waals surface area contributed by atoms with Crippen LogP contribution in [0.3, 0.4) is 0 Å². The molecule has 0 fully saturated rings. The normalized spacial score (nSPS) is 13.6. The quantitative estimate of drug-likeness (QED) is 0.498. The van der Waals surface area contributed by atoms with Crippen molar-refractivity contribution in [3.05, 3.63) is 12.2 Å². The highest BCUT2D eigenvalue weighted by Crippen LogP contribution is 2.00. The summed E-state index contributed by atoms with van der Waals surface area (Å²) < 4.78 is 0. The van der Waals surface area contributed by atoms with Gasteiger partial charge in [0.05, 0.1) is 6.07 Å². The molecule has 1 unspecified atom stereocenters. The summed E-state index contributed by atoms with van der Waals surface area (Å²) in [6.07, 6.45) is 4.56. The fourth-order valence-electron chi connectivity index (χ4n) is 0.343. The van der Waals surface area contributed by atoms with Gasteiger partial charge in [-0.25, -0.2) is 0 Å². The summed E-state index contributed by atoms with van der Waals surface area (Å²) in [5, 5.41) is 8.07. The number of nitrogens with zero attached hydrogens (tertiary/aromatic N) is 1. The van der Waals surface area contributed by atoms with Crippen LogP contribution in [0.5, 0.6) is 0 Å². The van der Waals surface area contributed by atoms with Crippen molar-refractivity contribution in [2.45, 2.75) is 20.3 Å². The molecule has 0 rings (SSSR count). The molecule has 0 saturated heterocycles. The molecule has 0 spiro atoms. The Bertz CT molecular complexity index is 108. The first-order valence-electron chi connectivity index (χ1n) is 2.87. The van der Waals surface area contributed by atoms with Gasteiger partial charge in [0.25, 0.3) is 0 Å². The Morgan fingerprint density at radius 2 is 2.38 bits per heavy atom. The predicted octanol–water partition coefficient (Wildman–Crippen LogP) is 2.11. The van der Waals surface area contributed by atoms with Gasteiger partial charge in [0.2, 0.25) is 0 Å². The summed E-state index contributed by atoms with van der Waals surface area (Å²) in [5.74, 6) is 0.551. The Morgan fingerprint density at radius 3 is 2.75 bits per heavy atom. The molecule has 0 saturated carbocycles. The van der Waals surface area contributed by atoms with Gasteiger partial charge in [0, 0.05) is 6.08 Å². The van der Waals surface area contributed by atoms with E-state index in [9.17, 15) is 0 Å². The maximum absolute atomic E-state index is 8.07. The first kappa shape index (κ1) is 7.23. The summed E-state index contributed by atoms with van der Waals surface area (Å²) in [6.45, 7) is 4.19. The lowest BCUT2D eigenvalue weighted by molar-refractivity contribution is 0.698. The molecule has 0 bridgehead atoms. The fourth-order valence-corrected chi connectivity index (χ4v) is 0.343. The third-order valence-electron chi connectivity index (χ3n) is 1.14. The number of hydrogen-bond donors (Lipinski definition) is 0. The molecule has 0 aromatic heterocycles. The van der Waals surface area contributed by atoms with E-state index in [1.165, 1.54) is 6.08 Å². The average molecular weight is 109 g/mol. The molecule has 0 aliphatic heterocycles. The summed E-state index contributed by atoms with van der Waals surface area (Å²) in [7, 11) is 0. The van der Waals surface area contributed by atoms with Gasteiger partial charge in [-0.05, 0) is 5.92 Å². The van der Waals surface area contributed by atoms with Crippen molar-refractivity contribution < 1.29 is 0 Å². The fraction of sp³-hybridized carbons (Fsp3) is 0.571. The number of allylic oxidation sites excluding steroid dienone is 2. The van der Waals surface area contributed by atoms with Crippen LogP contribution in [0, 0.1) is 17.2 Å². The largest absolute Gasteiger partial charge is 0.193 e. The molecule has 1 atom stereocenters. The third kappa shape index (κ3) is 3.42. The summed E-state index contributed by atoms with van der Waals surface area (Å²) in [5.41, 5.74) is 0. The molecule has 0 amide bonds. The Balaban J connectivity index is 3.40. The van der Waals surface area contributed by atoms with Crippen LogP contribution in [0.2, 0.25) is 0 Å². The number of rotatable bonds is 2. The lowest BCUT2D eigenvalue weighted by Crippen LogP contribution is -1.82. The molecule has 8 heavy (non-hydrogen) atoms. The van der Waals surface area contributed by atoms with Crippen LogP contribution in [0.25, 0.3) is 0 Å². The van der Waals surface area contributed by atoms with Crippen molar-refractivity contribution in [3.63, 3.8) is 0 Å². The van der Waals surface area contributed by atoms with Gasteiger partial charge in [-0.3, -0.25) is 0 Å². The average Bonchev–Trinajstić information content (AvgIpc) is 1.83. The van der Waals surface area contributed by atoms with Gasteiger partial charge in [0.15, 0.2) is 0 Å². The Kier molecular flexibility index (Phi) is 3.97. The number of nitriles is 1. The second-order valence-electron chi connectivity index (χ2n) is 1.87. The SMILES string of the molecule is CCC(C)/C=C\C#N. The molecule has 0 radical (unpaired) electrons. The van der Waals surface area contributed by atoms with Crippen molar-refractivity contribution in [3.8, 4) is 6.07 Å². The number of hydrogen-bond acceptors (Lipinski definition) is 1. The predicted molar refractivity (Wildman–Crippen MR) is 34.2 cm³/mol. The summed E-state index contributed by atoms with van der Waals surface area (Å²) in [4.78, 5) is 0. The van der Waals surface area contributed by atoms with Gasteiger partial charge in [0.1, 0.15) is 0 Å². The van der Waals surface area contributed by atoms with E-state index in [0.29, 0.717) is 5.92 Å². The Hall–Kier alpha value is -0.770. The molecule has 0 aliphatic carbocycles. The maximum Gasteiger partial charge on any atom is 0.0908 e. The standard InChI is InChI=1S/C7H11N/c1-3-7(2)5-4-6-8/h4-5,7H,3H2,1-2H3/b5-4-. The molecule has 0 aliphatic rings. The zero-order chi connectivity index (χ0) is 6.41. The highest BCUT2D eigenvalue weighted by molar-refractivity contribution is 5.02. The monoisotopic (exact) mass is 109 g/mol. The van der Waals surface area contributed by atoms with E-state index in [1.807, 2.05) is 12.1 Å². The smallest absolute Gasteiger partial charge is 0.0908 e. The van der Waals surface area contributed by atoms with Crippen molar-refractivity contribution >= 4 is 0 Å². The highest BCUT2D eigenvalue weighted by Gasteiger charge is 1.87. The molecule has 1 heteroatoms. The highest BCUT2D eigenvalue weighted by atomic mass is 14.2. The topological polar surface area (TPSA) is 23.8 Å². The van der Waals surface area contributed by atoms with Crippen molar-refractivity contribution in [1.82, 2.24) is 0 Å². The van der Waals surface area contributed by atoms with E-state index in [4.69, 9.17) is 5.26 Å². The van der Waals surface area contributed by atoms with E-state index in [1.54, 1.807) is 0 Å². The van der Waals surface area contributed by atoms with Gasteiger partial charge in [-0.15, -0.1) is 0 Å². The van der Waals surface area contributed by atoms with Crippen LogP contribution in [-0.4, -0.2) is 0 Å². The minimum atomic E-state index is 0.551. The van der Waals surface area contributed by atoms with Crippen LogP contribution < -0.4 is 0 Å². The van der Waals surface area contributed by atoms with Crippen molar-refractivity contribution in [1.29, 1.82) is 5.26 Å². The molecular formula is C7H11N. The van der Waals surface area contributed by atoms with Crippen molar-refractivity contribution in [2.75, 3.05) is 0 Å². The van der Waals surface area contributed by atoms with Gasteiger partial charge in [-0.1, -0.05) is 26.3 Å². The van der Waals surface area contributed by atoms with Crippen LogP contribution >= 0.6 is 0 Å². The minimum Gasteiger partial charge on any atom is -0.193 e. The van der Waals surface area contributed by atoms with Crippen LogP contribution in [0.1, 0.15) is 20.3 Å². The minimum absolute atomic E-state index is 0.551. The molecule has 0 aromatic carbocycles. The molecular weight excluding hydrogens is 98.1 g/mol. The van der Waals surface area contributed by atoms with E-state index in [-0.39, 0.29) is 0 Å². The lowest BCUT2D eigenvalue weighted by atomic mass is 10.1. The zero-order valence-corrected chi connectivity index (χ0v) is 5.39. The molecule has 0 N–H and O–H groups in total. The van der Waals surface area contributed by atoms with Gasteiger partial charge in [-0.2, -0.15) is 5.26 Å². The lowest BCUT2D eigenvalue weighted by Gasteiger charge is -1.94. The maximum atomic E-state index is 8.07. The third-order valence-corrected chi connectivity index (χ3v) is 1.14. The van der Waals surface area contributed by atoms with Crippen LogP contribution in [0.15, 0.2) is 12.2 Å². The van der Waals surface area contributed by atoms with E-state index in [2.05, 4.69) is 13.8 Å². The van der Waals surface area contributed by atoms with Gasteiger partial charge >= 0.3 is 0 Å². The molecule has 0 aromatic rings. The first-order valence-corrected chi connectivity index (χ1v) is 2.87. The van der Waals surface area contributed by atoms with Crippen LogP contribution in [-0.2, 0) is 0 Å². The summed E-state index contributed by atoms with van der Waals surface area (Å²) >= 11 is 0. The molecule has 0 heterocycles. The van der Waals surface area contributed by atoms with E-state index >= 15 is 0 Å². The summed E-state index contributed by atoms with van der Waals surface area (Å²) in [6, 6.07) is 1.95.